The van der Waals surface area contributed by atoms with Gasteiger partial charge < -0.3 is 10.1 Å². The highest BCUT2D eigenvalue weighted by Gasteiger charge is 2.02. The summed E-state index contributed by atoms with van der Waals surface area (Å²) in [6, 6.07) is 7.59. The van der Waals surface area contributed by atoms with Crippen LogP contribution in [0.5, 0.6) is 11.5 Å². The maximum atomic E-state index is 5.99. The smallest absolute Gasteiger partial charge is 0.146 e. The van der Waals surface area contributed by atoms with E-state index in [2.05, 4.69) is 17.2 Å². The van der Waals surface area contributed by atoms with E-state index >= 15 is 0 Å². The minimum Gasteiger partial charge on any atom is -0.456 e. The van der Waals surface area contributed by atoms with Crippen LogP contribution in [0.3, 0.4) is 0 Å². The highest BCUT2D eigenvalue weighted by Crippen LogP contribution is 2.25. The van der Waals surface area contributed by atoms with Crippen molar-refractivity contribution in [3.8, 4) is 11.5 Å². The highest BCUT2D eigenvalue weighted by atomic mass is 35.5. The van der Waals surface area contributed by atoms with Crippen molar-refractivity contribution >= 4 is 11.6 Å². The van der Waals surface area contributed by atoms with Crippen LogP contribution in [0.2, 0.25) is 5.02 Å². The molecule has 2 rings (SSSR count). The molecular formula is C15H17ClN2O. The molecule has 0 unspecified atom stereocenters. The standard InChI is InChI=1S/C15H17ClN2O/c1-3-17-8-12-7-14(10-18-9-12)19-13-4-5-15(16)11(2)6-13/h4-7,9-10,17H,3,8H2,1-2H3. The van der Waals surface area contributed by atoms with Crippen LogP contribution < -0.4 is 10.1 Å². The van der Waals surface area contributed by atoms with Crippen molar-refractivity contribution in [1.29, 1.82) is 0 Å². The van der Waals surface area contributed by atoms with Crippen LogP contribution in [-0.4, -0.2) is 11.5 Å². The molecule has 1 aromatic heterocycles. The number of nitrogens with zero attached hydrogens (tertiary/aromatic N) is 1. The van der Waals surface area contributed by atoms with E-state index in [0.29, 0.717) is 0 Å². The molecule has 1 heterocycles. The van der Waals surface area contributed by atoms with Gasteiger partial charge in [0.05, 0.1) is 6.20 Å². The maximum Gasteiger partial charge on any atom is 0.146 e. The number of halogens is 1. The SMILES string of the molecule is CCNCc1cncc(Oc2ccc(Cl)c(C)c2)c1. The van der Waals surface area contributed by atoms with Gasteiger partial charge in [-0.25, -0.2) is 0 Å². The molecule has 0 aliphatic heterocycles. The molecule has 0 radical (unpaired) electrons. The fourth-order valence-electron chi connectivity index (χ4n) is 1.70. The van der Waals surface area contributed by atoms with Crippen LogP contribution in [0.15, 0.2) is 36.7 Å². The number of aryl methyl sites for hydroxylation is 1. The Morgan fingerprint density at radius 2 is 2.05 bits per heavy atom. The summed E-state index contributed by atoms with van der Waals surface area (Å²) in [6.07, 6.45) is 3.54. The lowest BCUT2D eigenvalue weighted by atomic mass is 10.2. The van der Waals surface area contributed by atoms with Crippen molar-refractivity contribution in [2.45, 2.75) is 20.4 Å². The van der Waals surface area contributed by atoms with Gasteiger partial charge in [0.15, 0.2) is 0 Å². The summed E-state index contributed by atoms with van der Waals surface area (Å²) >= 11 is 5.99. The van der Waals surface area contributed by atoms with Crippen molar-refractivity contribution in [2.75, 3.05) is 6.54 Å². The lowest BCUT2D eigenvalue weighted by Crippen LogP contribution is -2.11. The van der Waals surface area contributed by atoms with Crippen LogP contribution in [0.25, 0.3) is 0 Å². The number of hydrogen-bond acceptors (Lipinski definition) is 3. The Labute approximate surface area is 118 Å². The number of nitrogens with one attached hydrogen (secondary N) is 1. The van der Waals surface area contributed by atoms with E-state index in [1.54, 1.807) is 6.20 Å². The Hall–Kier alpha value is -1.58. The number of ether oxygens (including phenoxy) is 1. The van der Waals surface area contributed by atoms with Gasteiger partial charge in [-0.3, -0.25) is 4.98 Å². The third-order valence-electron chi connectivity index (χ3n) is 2.71. The van der Waals surface area contributed by atoms with Gasteiger partial charge in [0, 0.05) is 17.8 Å². The van der Waals surface area contributed by atoms with E-state index in [0.717, 1.165) is 40.7 Å². The zero-order valence-corrected chi connectivity index (χ0v) is 11.9. The predicted octanol–water partition coefficient (Wildman–Crippen LogP) is 3.95. The summed E-state index contributed by atoms with van der Waals surface area (Å²) in [5, 5.41) is 4.00. The van der Waals surface area contributed by atoms with Gasteiger partial charge in [-0.2, -0.15) is 0 Å². The van der Waals surface area contributed by atoms with Crippen molar-refractivity contribution < 1.29 is 4.74 Å². The fraction of sp³-hybridized carbons (Fsp3) is 0.267. The van der Waals surface area contributed by atoms with Gasteiger partial charge >= 0.3 is 0 Å². The Balaban J connectivity index is 2.11. The Morgan fingerprint density at radius 1 is 1.21 bits per heavy atom. The molecule has 1 aromatic carbocycles. The van der Waals surface area contributed by atoms with Gasteiger partial charge in [-0.05, 0) is 48.9 Å². The second-order valence-electron chi connectivity index (χ2n) is 4.32. The quantitative estimate of drug-likeness (QED) is 0.898. The predicted molar refractivity (Wildman–Crippen MR) is 77.9 cm³/mol. The molecule has 0 fully saturated rings. The van der Waals surface area contributed by atoms with Gasteiger partial charge in [0.1, 0.15) is 11.5 Å². The summed E-state index contributed by atoms with van der Waals surface area (Å²) in [5.74, 6) is 1.50. The van der Waals surface area contributed by atoms with Gasteiger partial charge in [0.2, 0.25) is 0 Å². The maximum absolute atomic E-state index is 5.99. The highest BCUT2D eigenvalue weighted by molar-refractivity contribution is 6.31. The number of pyridine rings is 1. The summed E-state index contributed by atoms with van der Waals surface area (Å²) in [6.45, 7) is 5.75. The molecule has 3 nitrogen and oxygen atoms in total. The van der Waals surface area contributed by atoms with Crippen LogP contribution in [0.1, 0.15) is 18.1 Å². The molecule has 0 spiro atoms. The molecule has 0 amide bonds. The van der Waals surface area contributed by atoms with Gasteiger partial charge in [0.25, 0.3) is 0 Å². The van der Waals surface area contributed by atoms with E-state index in [1.807, 2.05) is 37.4 Å². The normalized spacial score (nSPS) is 10.5. The topological polar surface area (TPSA) is 34.2 Å². The minimum absolute atomic E-state index is 0.733. The third kappa shape index (κ3) is 3.94. The van der Waals surface area contributed by atoms with Gasteiger partial charge in [-0.15, -0.1) is 0 Å². The first-order valence-electron chi connectivity index (χ1n) is 6.27. The molecule has 0 aliphatic rings. The van der Waals surface area contributed by atoms with Crippen LogP contribution in [-0.2, 0) is 6.54 Å². The van der Waals surface area contributed by atoms with Crippen molar-refractivity contribution in [3.63, 3.8) is 0 Å². The molecule has 0 atom stereocenters. The van der Waals surface area contributed by atoms with Crippen molar-refractivity contribution in [3.05, 3.63) is 52.8 Å². The van der Waals surface area contributed by atoms with Crippen LogP contribution >= 0.6 is 11.6 Å². The molecule has 1 N–H and O–H groups in total. The van der Waals surface area contributed by atoms with E-state index < -0.39 is 0 Å². The molecule has 0 aliphatic carbocycles. The van der Waals surface area contributed by atoms with E-state index in [9.17, 15) is 0 Å². The molecule has 0 bridgehead atoms. The Morgan fingerprint density at radius 3 is 2.79 bits per heavy atom. The first-order valence-corrected chi connectivity index (χ1v) is 6.65. The number of aromatic nitrogens is 1. The molecule has 0 saturated carbocycles. The number of hydrogen-bond donors (Lipinski definition) is 1. The van der Waals surface area contributed by atoms with E-state index in [1.165, 1.54) is 0 Å². The number of benzene rings is 1. The zero-order valence-electron chi connectivity index (χ0n) is 11.1. The summed E-state index contributed by atoms with van der Waals surface area (Å²) < 4.78 is 5.79. The van der Waals surface area contributed by atoms with Gasteiger partial charge in [-0.1, -0.05) is 18.5 Å². The molecule has 4 heteroatoms. The second-order valence-corrected chi connectivity index (χ2v) is 4.73. The molecule has 19 heavy (non-hydrogen) atoms. The average molecular weight is 277 g/mol. The fourth-order valence-corrected chi connectivity index (χ4v) is 1.82. The van der Waals surface area contributed by atoms with E-state index in [-0.39, 0.29) is 0 Å². The molecule has 100 valence electrons. The lowest BCUT2D eigenvalue weighted by molar-refractivity contribution is 0.478. The molecule has 0 saturated heterocycles. The lowest BCUT2D eigenvalue weighted by Gasteiger charge is -2.08. The Bertz CT molecular complexity index is 558. The first-order chi connectivity index (χ1) is 9.19. The van der Waals surface area contributed by atoms with Crippen LogP contribution in [0.4, 0.5) is 0 Å². The van der Waals surface area contributed by atoms with Crippen LogP contribution in [0, 0.1) is 6.92 Å². The van der Waals surface area contributed by atoms with E-state index in [4.69, 9.17) is 16.3 Å². The third-order valence-corrected chi connectivity index (χ3v) is 3.14. The summed E-state index contributed by atoms with van der Waals surface area (Å²) in [5.41, 5.74) is 2.10. The largest absolute Gasteiger partial charge is 0.456 e. The monoisotopic (exact) mass is 276 g/mol. The zero-order chi connectivity index (χ0) is 13.7. The molecular weight excluding hydrogens is 260 g/mol. The first kappa shape index (κ1) is 13.8. The van der Waals surface area contributed by atoms with Crippen molar-refractivity contribution in [1.82, 2.24) is 10.3 Å². The molecule has 2 aromatic rings. The van der Waals surface area contributed by atoms with Crippen molar-refractivity contribution in [2.24, 2.45) is 0 Å². The summed E-state index contributed by atoms with van der Waals surface area (Å²) in [7, 11) is 0. The minimum atomic E-state index is 0.733. The summed E-state index contributed by atoms with van der Waals surface area (Å²) in [4.78, 5) is 4.18. The Kier molecular flexibility index (Phi) is 4.77. The second kappa shape index (κ2) is 6.55. The average Bonchev–Trinajstić information content (AvgIpc) is 2.41. The number of rotatable bonds is 5.